The highest BCUT2D eigenvalue weighted by molar-refractivity contribution is 6.30. The van der Waals surface area contributed by atoms with Crippen LogP contribution in [0.15, 0.2) is 409 Å². The standard InChI is InChI=1S/C110H66N4O2/c1-4-24-67(25-5-1)69-48-50-70(51-49-69)96-65-98(113-109(111-96)71-28-8-3-9-29-71)90-56-58-103-108(93-43-17-19-47-101(93)116-103)105(90)78-53-55-87-84-39-14-15-41-88(84)106-80(44-23-45-89(106)95(87)64-78)75-33-20-31-73(60-75)74-32-22-35-79(62-74)110-112-97(76-34-21-30-72(61-76)68-26-6-2-7-27-68)66-99(114-110)91-57-59-102-107(92-42-16-18-46-100(92)115-102)104(91)77-52-54-86-83-38-11-10-36-81(83)82-37-12-13-40-85(82)94(86)63-77/h1-66H. The van der Waals surface area contributed by atoms with E-state index in [0.29, 0.717) is 11.6 Å². The van der Waals surface area contributed by atoms with Gasteiger partial charge >= 0.3 is 0 Å². The van der Waals surface area contributed by atoms with E-state index in [4.69, 9.17) is 28.8 Å². The minimum atomic E-state index is 0.611. The molecule has 0 aliphatic heterocycles. The Kier molecular flexibility index (Phi) is 15.5. The molecule has 0 saturated carbocycles. The zero-order valence-electron chi connectivity index (χ0n) is 62.7. The maximum Gasteiger partial charge on any atom is 0.160 e. The highest BCUT2D eigenvalue weighted by atomic mass is 16.3. The molecule has 0 amide bonds. The molecule has 19 aromatic carbocycles. The van der Waals surface area contributed by atoms with Gasteiger partial charge in [-0.1, -0.05) is 322 Å². The third-order valence-corrected chi connectivity index (χ3v) is 23.5. The van der Waals surface area contributed by atoms with Crippen LogP contribution in [0, 0.1) is 0 Å². The van der Waals surface area contributed by atoms with Crippen LogP contribution < -0.4 is 0 Å². The summed E-state index contributed by atoms with van der Waals surface area (Å²) < 4.78 is 13.5. The molecule has 4 aromatic heterocycles. The molecular formula is C110H66N4O2. The molecule has 538 valence electrons. The quantitative estimate of drug-likeness (QED) is 0.113. The van der Waals surface area contributed by atoms with Crippen molar-refractivity contribution in [3.05, 3.63) is 400 Å². The summed E-state index contributed by atoms with van der Waals surface area (Å²) in [6.07, 6.45) is 0. The number of furan rings is 2. The van der Waals surface area contributed by atoms with Crippen LogP contribution in [0.25, 0.3) is 243 Å². The van der Waals surface area contributed by atoms with Crippen molar-refractivity contribution in [1.82, 2.24) is 19.9 Å². The summed E-state index contributed by atoms with van der Waals surface area (Å²) >= 11 is 0. The molecule has 0 N–H and O–H groups in total. The average Bonchev–Trinajstić information content (AvgIpc) is 1.06. The minimum absolute atomic E-state index is 0.611. The summed E-state index contributed by atoms with van der Waals surface area (Å²) in [5.41, 5.74) is 25.3. The number of hydrogen-bond donors (Lipinski definition) is 0. The van der Waals surface area contributed by atoms with Gasteiger partial charge in [0.1, 0.15) is 22.3 Å². The fraction of sp³-hybridized carbons (Fsp3) is 0. The number of rotatable bonds is 12. The van der Waals surface area contributed by atoms with Gasteiger partial charge in [-0.3, -0.25) is 0 Å². The van der Waals surface area contributed by atoms with Crippen LogP contribution in [0.5, 0.6) is 0 Å². The van der Waals surface area contributed by atoms with Crippen LogP contribution in [-0.2, 0) is 0 Å². The highest BCUT2D eigenvalue weighted by Crippen LogP contribution is 2.50. The van der Waals surface area contributed by atoms with E-state index >= 15 is 0 Å². The van der Waals surface area contributed by atoms with Gasteiger partial charge in [-0.25, -0.2) is 19.9 Å². The van der Waals surface area contributed by atoms with Crippen molar-refractivity contribution in [3.8, 4) is 135 Å². The summed E-state index contributed by atoms with van der Waals surface area (Å²) in [6, 6.07) is 144. The van der Waals surface area contributed by atoms with Crippen molar-refractivity contribution in [2.75, 3.05) is 0 Å². The van der Waals surface area contributed by atoms with Crippen molar-refractivity contribution < 1.29 is 8.83 Å². The third-order valence-electron chi connectivity index (χ3n) is 23.5. The van der Waals surface area contributed by atoms with E-state index < -0.39 is 0 Å². The topological polar surface area (TPSA) is 77.8 Å². The number of fused-ring (bicyclic) bond motifs is 18. The van der Waals surface area contributed by atoms with Crippen LogP contribution in [0.3, 0.4) is 0 Å². The number of benzene rings is 19. The van der Waals surface area contributed by atoms with Crippen LogP contribution in [0.1, 0.15) is 0 Å². The van der Waals surface area contributed by atoms with Crippen LogP contribution >= 0.6 is 0 Å². The number of para-hydroxylation sites is 2. The molecule has 0 saturated heterocycles. The van der Waals surface area contributed by atoms with Crippen molar-refractivity contribution in [1.29, 1.82) is 0 Å². The first-order valence-electron chi connectivity index (χ1n) is 39.5. The van der Waals surface area contributed by atoms with Gasteiger partial charge in [-0.05, 0) is 199 Å². The molecule has 0 unspecified atom stereocenters. The zero-order valence-corrected chi connectivity index (χ0v) is 62.7. The number of hydrogen-bond acceptors (Lipinski definition) is 6. The van der Waals surface area contributed by atoms with E-state index in [1.54, 1.807) is 0 Å². The van der Waals surface area contributed by atoms with E-state index in [1.165, 1.54) is 53.9 Å². The van der Waals surface area contributed by atoms with E-state index in [9.17, 15) is 0 Å². The minimum Gasteiger partial charge on any atom is -0.456 e. The Morgan fingerprint density at radius 3 is 1.03 bits per heavy atom. The fourth-order valence-corrected chi connectivity index (χ4v) is 18.1. The molecule has 116 heavy (non-hydrogen) atoms. The molecule has 0 spiro atoms. The SMILES string of the molecule is c1ccc(-c2ccc(-c3cc(-c4ccc5oc6ccccc6c5c4-c4ccc5c6ccccc6c6c(-c7cccc(-c8cccc(-c9nc(-c%10cccc(-c%11ccccc%11)c%10)cc(-c%10ccc%11oc%12ccccc%12c%11c%10-c%10ccc%11c%12ccccc%12c%12ccccc%12c%11c%10)n9)c8)c7)cccc6c5c4)nc(-c4ccccc4)n3)cc2)cc1. The Hall–Kier alpha value is -15.5. The lowest BCUT2D eigenvalue weighted by Gasteiger charge is -2.18. The Balaban J connectivity index is 0.676. The highest BCUT2D eigenvalue weighted by Gasteiger charge is 2.26. The van der Waals surface area contributed by atoms with E-state index in [0.717, 1.165) is 178 Å². The van der Waals surface area contributed by atoms with Crippen molar-refractivity contribution in [2.24, 2.45) is 0 Å². The maximum absolute atomic E-state index is 6.77. The molecular weight excluding hydrogens is 1410 g/mol. The molecule has 6 nitrogen and oxygen atoms in total. The van der Waals surface area contributed by atoms with E-state index in [1.807, 2.05) is 30.3 Å². The summed E-state index contributed by atoms with van der Waals surface area (Å²) in [4.78, 5) is 22.2. The third kappa shape index (κ3) is 11.2. The second-order valence-corrected chi connectivity index (χ2v) is 30.1. The van der Waals surface area contributed by atoms with Crippen molar-refractivity contribution in [2.45, 2.75) is 0 Å². The van der Waals surface area contributed by atoms with Gasteiger partial charge in [0.15, 0.2) is 11.6 Å². The monoisotopic (exact) mass is 1470 g/mol. The molecule has 4 heterocycles. The molecule has 0 bridgehead atoms. The predicted octanol–water partition coefficient (Wildman–Crippen LogP) is 30.0. The van der Waals surface area contributed by atoms with Crippen LogP contribution in [-0.4, -0.2) is 19.9 Å². The first kappa shape index (κ1) is 66.3. The van der Waals surface area contributed by atoms with Crippen molar-refractivity contribution >= 4 is 109 Å². The second kappa shape index (κ2) is 27.2. The number of aromatic nitrogens is 4. The number of nitrogens with zero attached hydrogens (tertiary/aromatic N) is 4. The Bertz CT molecular complexity index is 7910. The lowest BCUT2D eigenvalue weighted by Crippen LogP contribution is -1.98. The van der Waals surface area contributed by atoms with Gasteiger partial charge in [0.2, 0.25) is 0 Å². The van der Waals surface area contributed by atoms with Crippen LogP contribution in [0.4, 0.5) is 0 Å². The normalized spacial score (nSPS) is 11.8. The molecule has 0 fully saturated rings. The Labute approximate surface area is 667 Å². The van der Waals surface area contributed by atoms with Gasteiger partial charge < -0.3 is 8.83 Å². The Morgan fingerprint density at radius 1 is 0.147 bits per heavy atom. The second-order valence-electron chi connectivity index (χ2n) is 30.1. The van der Waals surface area contributed by atoms with Gasteiger partial charge in [-0.15, -0.1) is 0 Å². The zero-order chi connectivity index (χ0) is 76.3. The summed E-state index contributed by atoms with van der Waals surface area (Å²) in [7, 11) is 0. The molecule has 6 heteroatoms. The summed E-state index contributed by atoms with van der Waals surface area (Å²) in [5.74, 6) is 1.26. The van der Waals surface area contributed by atoms with E-state index in [-0.39, 0.29) is 0 Å². The van der Waals surface area contributed by atoms with Gasteiger partial charge in [0, 0.05) is 66.1 Å². The first-order chi connectivity index (χ1) is 57.5. The van der Waals surface area contributed by atoms with Gasteiger partial charge in [0.05, 0.1) is 22.8 Å². The van der Waals surface area contributed by atoms with Crippen LogP contribution in [0.2, 0.25) is 0 Å². The molecule has 0 aliphatic rings. The lowest BCUT2D eigenvalue weighted by molar-refractivity contribution is 0.668. The maximum atomic E-state index is 6.77. The predicted molar refractivity (Wildman–Crippen MR) is 482 cm³/mol. The van der Waals surface area contributed by atoms with Gasteiger partial charge in [0.25, 0.3) is 0 Å². The fourth-order valence-electron chi connectivity index (χ4n) is 18.1. The van der Waals surface area contributed by atoms with Gasteiger partial charge in [-0.2, -0.15) is 0 Å². The molecule has 0 aliphatic carbocycles. The first-order valence-corrected chi connectivity index (χ1v) is 39.5. The average molecular weight is 1480 g/mol. The largest absolute Gasteiger partial charge is 0.456 e. The lowest BCUT2D eigenvalue weighted by atomic mass is 9.86. The smallest absolute Gasteiger partial charge is 0.160 e. The van der Waals surface area contributed by atoms with E-state index in [2.05, 4.69) is 370 Å². The summed E-state index contributed by atoms with van der Waals surface area (Å²) in [5, 5.41) is 18.4. The Morgan fingerprint density at radius 2 is 0.474 bits per heavy atom. The molecule has 0 atom stereocenters. The molecule has 0 radical (unpaired) electrons. The molecule has 23 rings (SSSR count). The molecule has 23 aromatic rings. The van der Waals surface area contributed by atoms with Crippen molar-refractivity contribution in [3.63, 3.8) is 0 Å². The summed E-state index contributed by atoms with van der Waals surface area (Å²) in [6.45, 7) is 0.